The summed E-state index contributed by atoms with van der Waals surface area (Å²) < 4.78 is 0. The molecule has 0 heterocycles. The Bertz CT molecular complexity index is 376. The summed E-state index contributed by atoms with van der Waals surface area (Å²) >= 11 is 0. The maximum Gasteiger partial charge on any atom is 0.0509 e. The van der Waals surface area contributed by atoms with Crippen LogP contribution in [0.1, 0.15) is 32.4 Å². The van der Waals surface area contributed by atoms with E-state index in [1.165, 1.54) is 16.8 Å². The van der Waals surface area contributed by atoms with E-state index >= 15 is 0 Å². The van der Waals surface area contributed by atoms with Crippen molar-refractivity contribution in [1.29, 1.82) is 0 Å². The largest absolute Gasteiger partial charge is 0.378 e. The van der Waals surface area contributed by atoms with Crippen LogP contribution in [0.15, 0.2) is 35.9 Å². The molecule has 0 spiro atoms. The van der Waals surface area contributed by atoms with Crippen LogP contribution < -0.4 is 10.2 Å². The highest BCUT2D eigenvalue weighted by molar-refractivity contribution is 5.48. The Labute approximate surface area is 105 Å². The van der Waals surface area contributed by atoms with E-state index in [1.54, 1.807) is 0 Å². The van der Waals surface area contributed by atoms with Crippen LogP contribution in [0.5, 0.6) is 0 Å². The summed E-state index contributed by atoms with van der Waals surface area (Å²) in [5, 5.41) is 3.50. The van der Waals surface area contributed by atoms with Gasteiger partial charge in [0.25, 0.3) is 0 Å². The number of rotatable bonds is 5. The van der Waals surface area contributed by atoms with E-state index in [4.69, 9.17) is 0 Å². The monoisotopic (exact) mass is 232 g/mol. The number of nitrogens with one attached hydrogen (secondary N) is 1. The molecule has 1 rings (SSSR count). The van der Waals surface area contributed by atoms with Gasteiger partial charge in [0.2, 0.25) is 0 Å². The molecule has 1 unspecified atom stereocenters. The molecule has 1 aromatic rings. The highest BCUT2D eigenvalue weighted by atomic mass is 15.1. The third kappa shape index (κ3) is 4.23. The third-order valence-corrected chi connectivity index (χ3v) is 2.67. The predicted molar refractivity (Wildman–Crippen MR) is 76.6 cm³/mol. The van der Waals surface area contributed by atoms with Gasteiger partial charge in [0, 0.05) is 19.8 Å². The standard InChI is InChI=1S/C15H24N2/c1-6-16-15(10-12(2)3)13-8-7-9-14(11-13)17(4)5/h7-11,15-16H,6H2,1-5H3. The predicted octanol–water partition coefficient (Wildman–Crippen LogP) is 3.37. The average molecular weight is 232 g/mol. The summed E-state index contributed by atoms with van der Waals surface area (Å²) in [6.07, 6.45) is 2.28. The maximum absolute atomic E-state index is 3.50. The molecule has 0 aliphatic heterocycles. The zero-order valence-corrected chi connectivity index (χ0v) is 11.6. The molecule has 0 aliphatic rings. The topological polar surface area (TPSA) is 15.3 Å². The van der Waals surface area contributed by atoms with Crippen molar-refractivity contribution in [1.82, 2.24) is 5.32 Å². The minimum absolute atomic E-state index is 0.310. The Morgan fingerprint density at radius 1 is 1.35 bits per heavy atom. The van der Waals surface area contributed by atoms with Gasteiger partial charge in [-0.25, -0.2) is 0 Å². The van der Waals surface area contributed by atoms with Gasteiger partial charge in [-0.2, -0.15) is 0 Å². The Balaban J connectivity index is 3.01. The second-order valence-corrected chi connectivity index (χ2v) is 4.77. The van der Waals surface area contributed by atoms with Crippen LogP contribution in [-0.2, 0) is 0 Å². The summed E-state index contributed by atoms with van der Waals surface area (Å²) in [4.78, 5) is 2.13. The smallest absolute Gasteiger partial charge is 0.0509 e. The Kier molecular flexibility index (Phi) is 5.23. The van der Waals surface area contributed by atoms with Crippen molar-refractivity contribution in [2.24, 2.45) is 0 Å². The number of benzene rings is 1. The van der Waals surface area contributed by atoms with E-state index in [1.807, 2.05) is 0 Å². The summed E-state index contributed by atoms with van der Waals surface area (Å²) in [5.41, 5.74) is 3.90. The van der Waals surface area contributed by atoms with Gasteiger partial charge >= 0.3 is 0 Å². The molecule has 2 heteroatoms. The molecule has 1 aromatic carbocycles. The van der Waals surface area contributed by atoms with Gasteiger partial charge in [-0.3, -0.25) is 0 Å². The van der Waals surface area contributed by atoms with Gasteiger partial charge < -0.3 is 10.2 Å². The molecule has 0 aromatic heterocycles. The zero-order chi connectivity index (χ0) is 12.8. The van der Waals surface area contributed by atoms with Gasteiger partial charge in [0.1, 0.15) is 0 Å². The summed E-state index contributed by atoms with van der Waals surface area (Å²) in [6, 6.07) is 8.99. The molecule has 1 N–H and O–H groups in total. The fourth-order valence-corrected chi connectivity index (χ4v) is 1.82. The lowest BCUT2D eigenvalue weighted by atomic mass is 10.0. The minimum Gasteiger partial charge on any atom is -0.378 e. The molecule has 2 nitrogen and oxygen atoms in total. The van der Waals surface area contributed by atoms with Crippen molar-refractivity contribution in [2.45, 2.75) is 26.8 Å². The second-order valence-electron chi connectivity index (χ2n) is 4.77. The second kappa shape index (κ2) is 6.45. The van der Waals surface area contributed by atoms with Crippen molar-refractivity contribution in [3.05, 3.63) is 41.5 Å². The molecule has 0 saturated carbocycles. The lowest BCUT2D eigenvalue weighted by molar-refractivity contribution is 0.645. The highest BCUT2D eigenvalue weighted by Gasteiger charge is 2.07. The molecule has 0 radical (unpaired) electrons. The fourth-order valence-electron chi connectivity index (χ4n) is 1.82. The van der Waals surface area contributed by atoms with Gasteiger partial charge in [-0.1, -0.05) is 30.7 Å². The van der Waals surface area contributed by atoms with E-state index in [9.17, 15) is 0 Å². The van der Waals surface area contributed by atoms with E-state index in [2.05, 4.69) is 75.4 Å². The number of likely N-dealkylation sites (N-methyl/N-ethyl adjacent to an activating group) is 1. The van der Waals surface area contributed by atoms with Crippen LogP contribution >= 0.6 is 0 Å². The lowest BCUT2D eigenvalue weighted by Crippen LogP contribution is -2.19. The highest BCUT2D eigenvalue weighted by Crippen LogP contribution is 2.21. The van der Waals surface area contributed by atoms with E-state index in [0.717, 1.165) is 6.54 Å². The van der Waals surface area contributed by atoms with Crippen LogP contribution in [0, 0.1) is 0 Å². The van der Waals surface area contributed by atoms with Crippen LogP contribution in [0.2, 0.25) is 0 Å². The molecule has 1 atom stereocenters. The molecule has 0 amide bonds. The molecule has 94 valence electrons. The first-order valence-electron chi connectivity index (χ1n) is 6.20. The molecule has 0 bridgehead atoms. The summed E-state index contributed by atoms with van der Waals surface area (Å²) in [7, 11) is 4.14. The minimum atomic E-state index is 0.310. The van der Waals surface area contributed by atoms with Gasteiger partial charge in [-0.05, 0) is 38.1 Å². The molecule has 0 aliphatic carbocycles. The van der Waals surface area contributed by atoms with E-state index < -0.39 is 0 Å². The van der Waals surface area contributed by atoms with Crippen molar-refractivity contribution < 1.29 is 0 Å². The number of anilines is 1. The van der Waals surface area contributed by atoms with Crippen molar-refractivity contribution in [2.75, 3.05) is 25.5 Å². The van der Waals surface area contributed by atoms with Gasteiger partial charge in [-0.15, -0.1) is 0 Å². The van der Waals surface area contributed by atoms with Crippen molar-refractivity contribution >= 4 is 5.69 Å². The Hall–Kier alpha value is -1.28. The quantitative estimate of drug-likeness (QED) is 0.783. The number of hydrogen-bond donors (Lipinski definition) is 1. The first kappa shape index (κ1) is 13.8. The molecular formula is C15H24N2. The van der Waals surface area contributed by atoms with Crippen LogP contribution in [0.3, 0.4) is 0 Å². The zero-order valence-electron chi connectivity index (χ0n) is 11.6. The third-order valence-electron chi connectivity index (χ3n) is 2.67. The van der Waals surface area contributed by atoms with Crippen molar-refractivity contribution in [3.8, 4) is 0 Å². The summed E-state index contributed by atoms with van der Waals surface area (Å²) in [6.45, 7) is 7.39. The first-order chi connectivity index (χ1) is 8.04. The lowest BCUT2D eigenvalue weighted by Gasteiger charge is -2.19. The summed E-state index contributed by atoms with van der Waals surface area (Å²) in [5.74, 6) is 0. The fraction of sp³-hybridized carbons (Fsp3) is 0.467. The molecular weight excluding hydrogens is 208 g/mol. The Morgan fingerprint density at radius 3 is 2.59 bits per heavy atom. The molecule has 0 fully saturated rings. The average Bonchev–Trinajstić information content (AvgIpc) is 2.28. The van der Waals surface area contributed by atoms with Gasteiger partial charge in [0.15, 0.2) is 0 Å². The van der Waals surface area contributed by atoms with Crippen LogP contribution in [-0.4, -0.2) is 20.6 Å². The molecule has 17 heavy (non-hydrogen) atoms. The van der Waals surface area contributed by atoms with E-state index in [-0.39, 0.29) is 0 Å². The number of allylic oxidation sites excluding steroid dienone is 1. The van der Waals surface area contributed by atoms with Gasteiger partial charge in [0.05, 0.1) is 6.04 Å². The Morgan fingerprint density at radius 2 is 2.06 bits per heavy atom. The first-order valence-corrected chi connectivity index (χ1v) is 6.20. The number of nitrogens with zero attached hydrogens (tertiary/aromatic N) is 1. The molecule has 0 saturated heterocycles. The van der Waals surface area contributed by atoms with E-state index in [0.29, 0.717) is 6.04 Å². The maximum atomic E-state index is 3.50. The van der Waals surface area contributed by atoms with Crippen molar-refractivity contribution in [3.63, 3.8) is 0 Å². The van der Waals surface area contributed by atoms with Crippen LogP contribution in [0.4, 0.5) is 5.69 Å². The normalized spacial score (nSPS) is 12.1. The number of hydrogen-bond acceptors (Lipinski definition) is 2. The SMILES string of the molecule is CCNC(C=C(C)C)c1cccc(N(C)C)c1. The van der Waals surface area contributed by atoms with Crippen LogP contribution in [0.25, 0.3) is 0 Å².